The fourth-order valence-electron chi connectivity index (χ4n) is 2.78. The first-order valence-electron chi connectivity index (χ1n) is 7.91. The molecule has 0 radical (unpaired) electrons. The van der Waals surface area contributed by atoms with Gasteiger partial charge < -0.3 is 9.88 Å². The number of aryl methyl sites for hydroxylation is 3. The molecule has 1 amide bonds. The number of carbonyl (C=O) groups excluding carboxylic acids is 1. The Morgan fingerprint density at radius 3 is 2.50 bits per heavy atom. The topological polar surface area (TPSA) is 51.1 Å². The number of fused-ring (bicyclic) bond motifs is 1. The summed E-state index contributed by atoms with van der Waals surface area (Å²) in [7, 11) is 0. The molecule has 4 nitrogen and oxygen atoms in total. The highest BCUT2D eigenvalue weighted by molar-refractivity contribution is 5.92. The molecule has 24 heavy (non-hydrogen) atoms. The monoisotopic (exact) mass is 320 g/mol. The Hall–Kier alpha value is -2.88. The molecule has 0 bridgehead atoms. The number of rotatable bonds is 3. The van der Waals surface area contributed by atoms with Crippen molar-refractivity contribution in [2.75, 3.05) is 5.32 Å². The molecule has 0 aliphatic heterocycles. The van der Waals surface area contributed by atoms with E-state index < -0.39 is 0 Å². The average molecular weight is 320 g/mol. The lowest BCUT2D eigenvalue weighted by atomic mass is 10.1. The highest BCUT2D eigenvalue weighted by Gasteiger charge is 2.09. The summed E-state index contributed by atoms with van der Waals surface area (Å²) in [5, 5.41) is 3.59. The molecule has 3 rings (SSSR count). The number of anilines is 1. The normalized spacial score (nSPS) is 10.8. The predicted molar refractivity (Wildman–Crippen MR) is 97.5 cm³/mol. The number of amides is 1. The van der Waals surface area contributed by atoms with Gasteiger partial charge >= 0.3 is 0 Å². The van der Waals surface area contributed by atoms with E-state index in [0.29, 0.717) is 5.39 Å². The fourth-order valence-corrected chi connectivity index (χ4v) is 2.78. The van der Waals surface area contributed by atoms with Crippen LogP contribution in [0.2, 0.25) is 0 Å². The van der Waals surface area contributed by atoms with Gasteiger partial charge in [0.25, 0.3) is 0 Å². The molecule has 0 saturated heterocycles. The molecule has 0 atom stereocenters. The Bertz CT molecular complexity index is 987. The molecule has 3 aromatic rings. The molecule has 4 heteroatoms. The second-order valence-electron chi connectivity index (χ2n) is 6.20. The van der Waals surface area contributed by atoms with Crippen LogP contribution in [0.4, 0.5) is 5.69 Å². The SMILES string of the molecule is Cc1ccc(C)c(NC(=O)Cn2ccc(=O)c3cc(C)ccc32)c1. The molecule has 1 N–H and O–H groups in total. The van der Waals surface area contributed by atoms with Crippen LogP contribution >= 0.6 is 0 Å². The molecule has 0 saturated carbocycles. The van der Waals surface area contributed by atoms with Gasteiger partial charge in [0.1, 0.15) is 6.54 Å². The van der Waals surface area contributed by atoms with E-state index in [-0.39, 0.29) is 17.9 Å². The maximum Gasteiger partial charge on any atom is 0.244 e. The minimum absolute atomic E-state index is 0.0279. The van der Waals surface area contributed by atoms with Gasteiger partial charge in [-0.05, 0) is 50.1 Å². The highest BCUT2D eigenvalue weighted by Crippen LogP contribution is 2.17. The Balaban J connectivity index is 1.90. The van der Waals surface area contributed by atoms with Crippen LogP contribution in [0.25, 0.3) is 10.9 Å². The molecular formula is C20H20N2O2. The Labute approximate surface area is 140 Å². The van der Waals surface area contributed by atoms with Crippen LogP contribution in [0, 0.1) is 20.8 Å². The second-order valence-corrected chi connectivity index (χ2v) is 6.20. The number of hydrogen-bond donors (Lipinski definition) is 1. The van der Waals surface area contributed by atoms with Crippen molar-refractivity contribution in [1.82, 2.24) is 4.57 Å². The maximum atomic E-state index is 12.4. The van der Waals surface area contributed by atoms with Crippen LogP contribution in [0.1, 0.15) is 16.7 Å². The van der Waals surface area contributed by atoms with Gasteiger partial charge in [0.05, 0.1) is 5.52 Å². The third kappa shape index (κ3) is 3.23. The molecule has 0 aliphatic rings. The first-order chi connectivity index (χ1) is 11.4. The smallest absolute Gasteiger partial charge is 0.244 e. The quantitative estimate of drug-likeness (QED) is 0.802. The summed E-state index contributed by atoms with van der Waals surface area (Å²) in [6, 6.07) is 13.2. The van der Waals surface area contributed by atoms with Gasteiger partial charge in [0.2, 0.25) is 5.91 Å². The van der Waals surface area contributed by atoms with Gasteiger partial charge in [-0.25, -0.2) is 0 Å². The fraction of sp³-hybridized carbons (Fsp3) is 0.200. The van der Waals surface area contributed by atoms with Crippen molar-refractivity contribution >= 4 is 22.5 Å². The lowest BCUT2D eigenvalue weighted by Crippen LogP contribution is -2.20. The zero-order chi connectivity index (χ0) is 17.3. The van der Waals surface area contributed by atoms with Crippen LogP contribution in [0.3, 0.4) is 0 Å². The zero-order valence-corrected chi connectivity index (χ0v) is 14.1. The number of carbonyl (C=O) groups is 1. The lowest BCUT2D eigenvalue weighted by Gasteiger charge is -2.13. The molecule has 0 spiro atoms. The number of aromatic nitrogens is 1. The van der Waals surface area contributed by atoms with Crippen molar-refractivity contribution in [2.24, 2.45) is 0 Å². The Morgan fingerprint density at radius 1 is 1.00 bits per heavy atom. The minimum Gasteiger partial charge on any atom is -0.338 e. The molecule has 0 aliphatic carbocycles. The van der Waals surface area contributed by atoms with E-state index in [1.54, 1.807) is 10.8 Å². The molecular weight excluding hydrogens is 300 g/mol. The maximum absolute atomic E-state index is 12.4. The predicted octanol–water partition coefficient (Wildman–Crippen LogP) is 3.57. The summed E-state index contributed by atoms with van der Waals surface area (Å²) in [5.74, 6) is -0.116. The summed E-state index contributed by atoms with van der Waals surface area (Å²) in [6.45, 7) is 6.07. The lowest BCUT2D eigenvalue weighted by molar-refractivity contribution is -0.116. The van der Waals surface area contributed by atoms with Gasteiger partial charge in [0, 0.05) is 23.3 Å². The highest BCUT2D eigenvalue weighted by atomic mass is 16.2. The van der Waals surface area contributed by atoms with E-state index in [9.17, 15) is 9.59 Å². The van der Waals surface area contributed by atoms with Gasteiger partial charge in [-0.1, -0.05) is 23.8 Å². The number of hydrogen-bond acceptors (Lipinski definition) is 2. The van der Waals surface area contributed by atoms with Crippen LogP contribution in [-0.2, 0) is 11.3 Å². The first-order valence-corrected chi connectivity index (χ1v) is 7.91. The Kier molecular flexibility index (Phi) is 4.21. The van der Waals surface area contributed by atoms with Crippen LogP contribution in [-0.4, -0.2) is 10.5 Å². The summed E-state index contributed by atoms with van der Waals surface area (Å²) >= 11 is 0. The van der Waals surface area contributed by atoms with Crippen molar-refractivity contribution in [3.05, 3.63) is 75.6 Å². The van der Waals surface area contributed by atoms with E-state index in [4.69, 9.17) is 0 Å². The molecule has 0 unspecified atom stereocenters. The van der Waals surface area contributed by atoms with Gasteiger partial charge in [0.15, 0.2) is 5.43 Å². The van der Waals surface area contributed by atoms with E-state index in [1.807, 2.05) is 57.2 Å². The first kappa shape index (κ1) is 16.0. The largest absolute Gasteiger partial charge is 0.338 e. The standard InChI is InChI=1S/C20H20N2O2/c1-13-5-7-18-16(10-13)19(23)8-9-22(18)12-20(24)21-17-11-14(2)4-6-15(17)3/h4-11H,12H2,1-3H3,(H,21,24). The molecule has 2 aromatic carbocycles. The number of nitrogens with zero attached hydrogens (tertiary/aromatic N) is 1. The summed E-state index contributed by atoms with van der Waals surface area (Å²) in [5.41, 5.74) is 4.71. The van der Waals surface area contributed by atoms with Gasteiger partial charge in [-0.2, -0.15) is 0 Å². The van der Waals surface area contributed by atoms with Crippen molar-refractivity contribution < 1.29 is 4.79 Å². The van der Waals surface area contributed by atoms with Crippen LogP contribution in [0.5, 0.6) is 0 Å². The molecule has 0 fully saturated rings. The van der Waals surface area contributed by atoms with Crippen LogP contribution < -0.4 is 10.7 Å². The second kappa shape index (κ2) is 6.32. The van der Waals surface area contributed by atoms with Crippen molar-refractivity contribution in [2.45, 2.75) is 27.3 Å². The third-order valence-corrected chi connectivity index (χ3v) is 4.11. The minimum atomic E-state index is -0.116. The average Bonchev–Trinajstić information content (AvgIpc) is 2.54. The van der Waals surface area contributed by atoms with Crippen molar-refractivity contribution in [3.8, 4) is 0 Å². The van der Waals surface area contributed by atoms with E-state index in [2.05, 4.69) is 5.32 Å². The van der Waals surface area contributed by atoms with E-state index in [1.165, 1.54) is 6.07 Å². The number of nitrogens with one attached hydrogen (secondary N) is 1. The number of benzene rings is 2. The summed E-state index contributed by atoms with van der Waals surface area (Å²) in [6.07, 6.45) is 1.67. The summed E-state index contributed by atoms with van der Waals surface area (Å²) in [4.78, 5) is 24.5. The van der Waals surface area contributed by atoms with E-state index >= 15 is 0 Å². The van der Waals surface area contributed by atoms with Crippen molar-refractivity contribution in [1.29, 1.82) is 0 Å². The summed E-state index contributed by atoms with van der Waals surface area (Å²) < 4.78 is 1.80. The van der Waals surface area contributed by atoms with Gasteiger partial charge in [-0.3, -0.25) is 9.59 Å². The van der Waals surface area contributed by atoms with Crippen LogP contribution in [0.15, 0.2) is 53.5 Å². The van der Waals surface area contributed by atoms with Crippen molar-refractivity contribution in [3.63, 3.8) is 0 Å². The molecule has 122 valence electrons. The van der Waals surface area contributed by atoms with E-state index in [0.717, 1.165) is 27.9 Å². The van der Waals surface area contributed by atoms with Gasteiger partial charge in [-0.15, -0.1) is 0 Å². The zero-order valence-electron chi connectivity index (χ0n) is 14.1. The third-order valence-electron chi connectivity index (χ3n) is 4.11. The number of pyridine rings is 1. The molecule has 1 heterocycles. The molecule has 1 aromatic heterocycles. The Morgan fingerprint density at radius 2 is 1.71 bits per heavy atom.